The van der Waals surface area contributed by atoms with Crippen LogP contribution in [0.1, 0.15) is 212 Å². The number of hydrogen-bond acceptors (Lipinski definition) is 12. The number of halogens is 6. The average Bonchev–Trinajstić information content (AvgIpc) is 1.60. The first-order valence-corrected chi connectivity index (χ1v) is 43.0. The van der Waals surface area contributed by atoms with Crippen molar-refractivity contribution in [3.63, 3.8) is 0 Å². The van der Waals surface area contributed by atoms with Gasteiger partial charge < -0.3 is 38.7 Å². The monoisotopic (exact) mass is 1630 g/mol. The van der Waals surface area contributed by atoms with Crippen molar-refractivity contribution in [2.45, 2.75) is 224 Å². The van der Waals surface area contributed by atoms with Crippen LogP contribution in [0.3, 0.4) is 0 Å². The number of aryl methyl sites for hydroxylation is 3. The summed E-state index contributed by atoms with van der Waals surface area (Å²) in [5.41, 5.74) is 15.9. The molecule has 0 bridgehead atoms. The van der Waals surface area contributed by atoms with Gasteiger partial charge in [0.1, 0.15) is 50.8 Å². The lowest BCUT2D eigenvalue weighted by atomic mass is 9.89. The SMILES string of the molecule is CC(O)(Cn1c2c(c3cc(Cl)cnc31)C1CCCN1CC2)c1ccc(C(F)(F)F)cc1.Cc1cnc2c(c1)c1c(n2CC(C)(O)c2ccc(Cl)cc2)CCN2CCCCC12.Cc1cnc2c(c1)c1c(n2CC(C)(O)c2ccc(F)cc2)CCN2CCCCC12.Cc1cnc2c(c1)c1c(n2CC(C)(O)c2ccccc2)CCN2CCCCC12. The Bertz CT molecular complexity index is 5470. The van der Waals surface area contributed by atoms with E-state index in [1.165, 1.54) is 168 Å². The molecule has 8 aromatic heterocycles. The summed E-state index contributed by atoms with van der Waals surface area (Å²) in [4.78, 5) is 29.4. The molecule has 0 amide bonds. The highest BCUT2D eigenvalue weighted by atomic mass is 35.5. The number of hydrogen-bond donors (Lipinski definition) is 4. The second kappa shape index (κ2) is 32.3. The molecule has 4 fully saturated rings. The smallest absolute Gasteiger partial charge is 0.384 e. The fourth-order valence-corrected chi connectivity index (χ4v) is 21.2. The van der Waals surface area contributed by atoms with Crippen molar-refractivity contribution >= 4 is 67.3 Å². The quantitative estimate of drug-likeness (QED) is 0.0857. The fourth-order valence-electron chi connectivity index (χ4n) is 20.9. The van der Waals surface area contributed by atoms with Gasteiger partial charge in [-0.15, -0.1) is 0 Å². The maximum atomic E-state index is 13.4. The topological polar surface area (TPSA) is 165 Å². The fraction of sp³-hybridized carbons (Fsp3) is 0.453. The highest BCUT2D eigenvalue weighted by molar-refractivity contribution is 6.31. The molecule has 117 heavy (non-hydrogen) atoms. The van der Waals surface area contributed by atoms with Crippen LogP contribution in [-0.4, -0.2) is 131 Å². The van der Waals surface area contributed by atoms with E-state index in [2.05, 4.69) is 77.3 Å². The lowest BCUT2D eigenvalue weighted by Crippen LogP contribution is -2.39. The van der Waals surface area contributed by atoms with Crippen LogP contribution in [0.2, 0.25) is 10.0 Å². The number of nitrogens with zero attached hydrogens (tertiary/aromatic N) is 12. The number of pyridine rings is 4. The van der Waals surface area contributed by atoms with E-state index in [4.69, 9.17) is 38.2 Å². The van der Waals surface area contributed by atoms with E-state index in [9.17, 15) is 38.0 Å². The van der Waals surface area contributed by atoms with Gasteiger partial charge in [-0.05, 0) is 248 Å². The van der Waals surface area contributed by atoms with Gasteiger partial charge in [0.2, 0.25) is 0 Å². The van der Waals surface area contributed by atoms with E-state index >= 15 is 0 Å². The number of alkyl halides is 3. The minimum atomic E-state index is -4.41. The number of aromatic nitrogens is 8. The Morgan fingerprint density at radius 2 is 0.641 bits per heavy atom. The average molecular weight is 1630 g/mol. The first-order chi connectivity index (χ1) is 56.1. The summed E-state index contributed by atoms with van der Waals surface area (Å²) in [5.74, 6) is -0.289. The van der Waals surface area contributed by atoms with E-state index in [0.29, 0.717) is 59.4 Å². The standard InChI is InChI=1S/C24H28ClN3O.C24H28FN3O.C24H29N3O.C23H23ClF3N3O/c2*1-16-13-19-22-20-5-3-4-11-27(20)12-10-21(22)28(23(19)26-14-16)15-24(2,29)17-6-8-18(25)9-7-17;1-17-14-19-22-20-10-6-7-12-26(20)13-11-21(22)27(23(19)25-15-17)16-24(2,28)18-8-4-3-5-9-18;1-22(31,14-4-6-15(7-5-14)23(25,26)27)13-30-19-8-10-29-9-2-3-18(29)20(19)17-11-16(24)12-28-21(17)30/h2*6-9,13-14,20,29H,3-5,10-12,15H2,1-2H3;3-5,8-9,14-15,20,28H,6-7,10-13,16H2,1-2H3;4-7,11-12,18,31H,2-3,8-10,13H2,1H3. The Morgan fingerprint density at radius 1 is 0.350 bits per heavy atom. The summed E-state index contributed by atoms with van der Waals surface area (Å²) in [5, 5.41) is 51.4. The Kier molecular flexibility index (Phi) is 22.4. The minimum Gasteiger partial charge on any atom is -0.384 e. The van der Waals surface area contributed by atoms with Crippen LogP contribution in [0, 0.1) is 26.6 Å². The number of piperidine rings is 3. The molecule has 8 aliphatic heterocycles. The second-order valence-electron chi connectivity index (χ2n) is 35.3. The van der Waals surface area contributed by atoms with Crippen molar-refractivity contribution in [3.8, 4) is 0 Å². The Hall–Kier alpha value is -8.38. The molecule has 16 nitrogen and oxygen atoms in total. The van der Waals surface area contributed by atoms with E-state index in [-0.39, 0.29) is 12.4 Å². The van der Waals surface area contributed by atoms with E-state index in [1.807, 2.05) is 105 Å². The normalized spacial score (nSPS) is 21.5. The largest absolute Gasteiger partial charge is 0.416 e. The molecule has 0 radical (unpaired) electrons. The third-order valence-electron chi connectivity index (χ3n) is 26.7. The van der Waals surface area contributed by atoms with Gasteiger partial charge in [0.25, 0.3) is 0 Å². The second-order valence-corrected chi connectivity index (χ2v) is 36.2. The third kappa shape index (κ3) is 15.9. The van der Waals surface area contributed by atoms with Crippen LogP contribution in [0.25, 0.3) is 44.1 Å². The predicted molar refractivity (Wildman–Crippen MR) is 455 cm³/mol. The van der Waals surface area contributed by atoms with Crippen molar-refractivity contribution in [1.29, 1.82) is 0 Å². The number of benzene rings is 4. The van der Waals surface area contributed by atoms with Gasteiger partial charge in [-0.2, -0.15) is 13.2 Å². The van der Waals surface area contributed by atoms with Crippen LogP contribution in [0.4, 0.5) is 17.6 Å². The van der Waals surface area contributed by atoms with Gasteiger partial charge in [-0.1, -0.05) is 109 Å². The van der Waals surface area contributed by atoms with Gasteiger partial charge in [-0.25, -0.2) is 24.3 Å². The van der Waals surface area contributed by atoms with Crippen molar-refractivity contribution in [2.24, 2.45) is 0 Å². The molecule has 8 aliphatic rings. The first-order valence-electron chi connectivity index (χ1n) is 42.3. The predicted octanol–water partition coefficient (Wildman–Crippen LogP) is 19.1. The third-order valence-corrected chi connectivity index (χ3v) is 27.1. The summed E-state index contributed by atoms with van der Waals surface area (Å²) in [6.45, 7) is 24.1. The molecular formula is C95H108Cl2F4N12O4. The van der Waals surface area contributed by atoms with Gasteiger partial charge in [0.05, 0.1) is 36.8 Å². The lowest BCUT2D eigenvalue weighted by Gasteiger charge is -2.40. The molecule has 22 heteroatoms. The molecule has 614 valence electrons. The maximum Gasteiger partial charge on any atom is 0.416 e. The molecule has 4 aromatic carbocycles. The van der Waals surface area contributed by atoms with Gasteiger partial charge in [-0.3, -0.25) is 19.6 Å². The molecule has 4 N–H and O–H groups in total. The van der Waals surface area contributed by atoms with Crippen molar-refractivity contribution in [2.75, 3.05) is 52.4 Å². The number of fused-ring (bicyclic) bond motifs is 20. The van der Waals surface area contributed by atoms with Crippen molar-refractivity contribution in [1.82, 2.24) is 57.8 Å². The minimum absolute atomic E-state index is 0.200. The summed E-state index contributed by atoms with van der Waals surface area (Å²) >= 11 is 12.3. The Balaban J connectivity index is 0.000000112. The molecule has 0 spiro atoms. The Labute approximate surface area is 692 Å². The zero-order valence-corrected chi connectivity index (χ0v) is 69.8. The lowest BCUT2D eigenvalue weighted by molar-refractivity contribution is -0.137. The molecule has 4 saturated heterocycles. The Morgan fingerprint density at radius 3 is 0.991 bits per heavy atom. The first kappa shape index (κ1) is 81.0. The van der Waals surface area contributed by atoms with E-state index in [1.54, 1.807) is 25.3 Å². The summed E-state index contributed by atoms with van der Waals surface area (Å²) in [6.07, 6.45) is 20.5. The molecule has 20 rings (SSSR count). The number of rotatable bonds is 12. The molecular weight excluding hydrogens is 1520 g/mol. The summed E-state index contributed by atoms with van der Waals surface area (Å²) < 4.78 is 61.0. The molecule has 8 atom stereocenters. The molecule has 0 aliphatic carbocycles. The molecule has 8 unspecified atom stereocenters. The highest BCUT2D eigenvalue weighted by Gasteiger charge is 2.43. The van der Waals surface area contributed by atoms with Crippen molar-refractivity contribution in [3.05, 3.63) is 258 Å². The summed E-state index contributed by atoms with van der Waals surface area (Å²) in [7, 11) is 0. The molecule has 12 aromatic rings. The number of aliphatic hydroxyl groups is 4. The van der Waals surface area contributed by atoms with E-state index < -0.39 is 34.1 Å². The van der Waals surface area contributed by atoms with Gasteiger partial charge in [0.15, 0.2) is 0 Å². The van der Waals surface area contributed by atoms with Crippen LogP contribution >= 0.6 is 23.2 Å². The molecule has 0 saturated carbocycles. The van der Waals surface area contributed by atoms with Crippen LogP contribution in [-0.2, 0) is 80.4 Å². The summed E-state index contributed by atoms with van der Waals surface area (Å²) in [6, 6.07) is 39.0. The van der Waals surface area contributed by atoms with Gasteiger partial charge in [0, 0.05) is 150 Å². The van der Waals surface area contributed by atoms with Crippen LogP contribution in [0.15, 0.2) is 152 Å². The van der Waals surface area contributed by atoms with Crippen LogP contribution < -0.4 is 0 Å². The van der Waals surface area contributed by atoms with Crippen molar-refractivity contribution < 1.29 is 38.0 Å². The highest BCUT2D eigenvalue weighted by Crippen LogP contribution is 2.49. The van der Waals surface area contributed by atoms with Gasteiger partial charge >= 0.3 is 6.18 Å². The molecule has 16 heterocycles. The van der Waals surface area contributed by atoms with E-state index in [0.717, 1.165) is 139 Å². The maximum absolute atomic E-state index is 13.4. The zero-order chi connectivity index (χ0) is 81.6. The zero-order valence-electron chi connectivity index (χ0n) is 68.3. The van der Waals surface area contributed by atoms with Crippen LogP contribution in [0.5, 0.6) is 0 Å².